The van der Waals surface area contributed by atoms with Crippen molar-refractivity contribution in [3.05, 3.63) is 0 Å². The summed E-state index contributed by atoms with van der Waals surface area (Å²) < 4.78 is 34.7. The van der Waals surface area contributed by atoms with Crippen LogP contribution in [0, 0.1) is 5.92 Å². The Morgan fingerprint density at radius 1 is 1.56 bits per heavy atom. The zero-order valence-corrected chi connectivity index (χ0v) is 4.27. The molecule has 0 saturated carbocycles. The van der Waals surface area contributed by atoms with E-state index in [9.17, 15) is 13.2 Å². The highest BCUT2D eigenvalue weighted by Crippen LogP contribution is 2.26. The molecule has 2 nitrogen and oxygen atoms in total. The summed E-state index contributed by atoms with van der Waals surface area (Å²) in [5.74, 6) is -1.63. The fourth-order valence-corrected chi connectivity index (χ4v) is 0.418. The smallest absolute Gasteiger partial charge is 0.394 e. The summed E-state index contributed by atoms with van der Waals surface area (Å²) in [6.07, 6.45) is -2.48. The largest absolute Gasteiger partial charge is 0.400 e. The van der Waals surface area contributed by atoms with E-state index in [1.807, 2.05) is 0 Å². The van der Waals surface area contributed by atoms with Crippen LogP contribution >= 0.6 is 0 Å². The lowest BCUT2D eigenvalue weighted by Gasteiger charge is -2.07. The first-order chi connectivity index (χ1) is 4.11. The van der Waals surface area contributed by atoms with Crippen LogP contribution in [0.25, 0.3) is 0 Å². The molecule has 0 bridgehead atoms. The molecule has 0 spiro atoms. The normalized spacial score (nSPS) is 26.3. The molecule has 0 aromatic heterocycles. The predicted molar refractivity (Wildman–Crippen MR) is 22.9 cm³/mol. The first-order valence-corrected chi connectivity index (χ1v) is 2.25. The van der Waals surface area contributed by atoms with Gasteiger partial charge in [-0.25, -0.2) is 0 Å². The van der Waals surface area contributed by atoms with E-state index in [0.717, 1.165) is 0 Å². The second kappa shape index (κ2) is 1.89. The Labute approximate surface area is 49.3 Å². The van der Waals surface area contributed by atoms with Gasteiger partial charge in [-0.05, 0) is 0 Å². The van der Waals surface area contributed by atoms with Crippen LogP contribution < -0.4 is 0 Å². The topological polar surface area (TPSA) is 21.6 Å². The number of hydrogen-bond acceptors (Lipinski definition) is 2. The summed E-state index contributed by atoms with van der Waals surface area (Å²) in [6, 6.07) is 0. The van der Waals surface area contributed by atoms with Gasteiger partial charge in [0.1, 0.15) is 18.7 Å². The molecule has 0 aliphatic carbocycles. The van der Waals surface area contributed by atoms with Gasteiger partial charge in [0.05, 0.1) is 0 Å². The number of nitrogens with zero attached hydrogens (tertiary/aromatic N) is 1. The quantitative estimate of drug-likeness (QED) is 0.490. The van der Waals surface area contributed by atoms with E-state index < -0.39 is 18.7 Å². The van der Waals surface area contributed by atoms with E-state index in [1.165, 1.54) is 0 Å². The lowest BCUT2D eigenvalue weighted by atomic mass is 10.2. The number of hydrogen-bond donors (Lipinski definition) is 0. The fraction of sp³-hybridized carbons (Fsp3) is 0.750. The van der Waals surface area contributed by atoms with Crippen molar-refractivity contribution in [2.24, 2.45) is 11.1 Å². The number of alkyl halides is 3. The van der Waals surface area contributed by atoms with Crippen LogP contribution in [0.15, 0.2) is 5.16 Å². The molecule has 1 heterocycles. The Morgan fingerprint density at radius 2 is 2.22 bits per heavy atom. The minimum Gasteiger partial charge on any atom is -0.394 e. The van der Waals surface area contributed by atoms with E-state index in [2.05, 4.69) is 9.99 Å². The maximum absolute atomic E-state index is 11.6. The average molecular weight is 138 g/mol. The van der Waals surface area contributed by atoms with Gasteiger partial charge in [-0.2, -0.15) is 13.2 Å². The van der Waals surface area contributed by atoms with Crippen LogP contribution in [0.3, 0.4) is 0 Å². The molecule has 1 unspecified atom stereocenters. The highest BCUT2D eigenvalue weighted by atomic mass is 19.4. The van der Waals surface area contributed by atoms with E-state index in [-0.39, 0.29) is 0 Å². The highest BCUT2D eigenvalue weighted by Gasteiger charge is 2.41. The van der Waals surface area contributed by atoms with Crippen molar-refractivity contribution >= 4 is 6.21 Å². The van der Waals surface area contributed by atoms with E-state index in [1.54, 1.807) is 6.21 Å². The highest BCUT2D eigenvalue weighted by molar-refractivity contribution is 5.62. The molecule has 0 aromatic carbocycles. The Hall–Kier alpha value is -0.740. The summed E-state index contributed by atoms with van der Waals surface area (Å²) in [5, 5.41) is 2.86. The Balaban J connectivity index is 2.53. The van der Waals surface area contributed by atoms with Crippen molar-refractivity contribution in [2.45, 2.75) is 6.18 Å². The minimum absolute atomic E-state index is 0.427. The standard InChI is InChI=1S/C4H3F3NO/c5-4(6,7)3-1-8-9-2-3/h3H,2H2. The Kier molecular flexibility index (Phi) is 1.34. The molecule has 0 N–H and O–H groups in total. The van der Waals surface area contributed by atoms with Crippen LogP contribution in [0.5, 0.6) is 0 Å². The minimum atomic E-state index is -4.25. The van der Waals surface area contributed by atoms with Crippen molar-refractivity contribution < 1.29 is 18.0 Å². The second-order valence-corrected chi connectivity index (χ2v) is 1.61. The van der Waals surface area contributed by atoms with Gasteiger partial charge in [0.25, 0.3) is 0 Å². The molecule has 9 heavy (non-hydrogen) atoms. The van der Waals surface area contributed by atoms with Gasteiger partial charge in [0.2, 0.25) is 0 Å². The van der Waals surface area contributed by atoms with Crippen molar-refractivity contribution in [1.29, 1.82) is 0 Å². The van der Waals surface area contributed by atoms with Crippen LogP contribution in [0.2, 0.25) is 0 Å². The average Bonchev–Trinajstić information content (AvgIpc) is 2.08. The van der Waals surface area contributed by atoms with Crippen molar-refractivity contribution in [2.75, 3.05) is 6.61 Å². The van der Waals surface area contributed by atoms with Gasteiger partial charge in [-0.15, -0.1) is 0 Å². The van der Waals surface area contributed by atoms with E-state index in [0.29, 0.717) is 0 Å². The molecule has 0 fully saturated rings. The summed E-state index contributed by atoms with van der Waals surface area (Å²) in [6.45, 7) is -0.427. The Morgan fingerprint density at radius 3 is 2.44 bits per heavy atom. The third-order valence-corrected chi connectivity index (χ3v) is 0.909. The zero-order chi connectivity index (χ0) is 6.91. The van der Waals surface area contributed by atoms with Crippen LogP contribution in [0.4, 0.5) is 13.2 Å². The maximum atomic E-state index is 11.6. The molecule has 1 rings (SSSR count). The van der Waals surface area contributed by atoms with Crippen LogP contribution in [0.1, 0.15) is 0 Å². The number of rotatable bonds is 0. The SMILES string of the molecule is FC(F)(F)C1[C]=NOC1. The first kappa shape index (κ1) is 6.38. The lowest BCUT2D eigenvalue weighted by Crippen LogP contribution is -2.24. The summed E-state index contributed by atoms with van der Waals surface area (Å²) in [7, 11) is 0. The van der Waals surface area contributed by atoms with Crippen molar-refractivity contribution in [3.63, 3.8) is 0 Å². The fourth-order valence-electron chi connectivity index (χ4n) is 0.418. The van der Waals surface area contributed by atoms with Crippen LogP contribution in [-0.4, -0.2) is 19.0 Å². The van der Waals surface area contributed by atoms with E-state index >= 15 is 0 Å². The third-order valence-electron chi connectivity index (χ3n) is 0.909. The van der Waals surface area contributed by atoms with Gasteiger partial charge in [0.15, 0.2) is 0 Å². The Bertz CT molecular complexity index is 130. The lowest BCUT2D eigenvalue weighted by molar-refractivity contribution is -0.160. The third kappa shape index (κ3) is 1.34. The van der Waals surface area contributed by atoms with Gasteiger partial charge in [-0.1, -0.05) is 5.16 Å². The van der Waals surface area contributed by atoms with Gasteiger partial charge in [0, 0.05) is 0 Å². The molecule has 51 valence electrons. The molecular weight excluding hydrogens is 135 g/mol. The molecule has 5 heteroatoms. The monoisotopic (exact) mass is 138 g/mol. The van der Waals surface area contributed by atoms with Crippen molar-refractivity contribution in [1.82, 2.24) is 0 Å². The molecule has 1 radical (unpaired) electrons. The predicted octanol–water partition coefficient (Wildman–Crippen LogP) is 1.06. The summed E-state index contributed by atoms with van der Waals surface area (Å²) in [5.41, 5.74) is 0. The van der Waals surface area contributed by atoms with Crippen LogP contribution in [-0.2, 0) is 4.84 Å². The molecule has 0 aromatic rings. The molecule has 0 saturated heterocycles. The second-order valence-electron chi connectivity index (χ2n) is 1.61. The molecule has 1 atom stereocenters. The van der Waals surface area contributed by atoms with Crippen molar-refractivity contribution in [3.8, 4) is 0 Å². The molecule has 0 amide bonds. The van der Waals surface area contributed by atoms with E-state index in [4.69, 9.17) is 0 Å². The number of halogens is 3. The molecule has 1 aliphatic rings. The summed E-state index contributed by atoms with van der Waals surface area (Å²) in [4.78, 5) is 4.08. The summed E-state index contributed by atoms with van der Waals surface area (Å²) >= 11 is 0. The molecule has 1 aliphatic heterocycles. The van der Waals surface area contributed by atoms with Gasteiger partial charge >= 0.3 is 6.18 Å². The first-order valence-electron chi connectivity index (χ1n) is 2.25. The zero-order valence-electron chi connectivity index (χ0n) is 4.27. The maximum Gasteiger partial charge on any atom is 0.400 e. The van der Waals surface area contributed by atoms with Gasteiger partial charge in [-0.3, -0.25) is 0 Å². The molecular formula is C4H3F3NO. The van der Waals surface area contributed by atoms with Gasteiger partial charge < -0.3 is 4.84 Å².